The molecule has 1 amide bonds. The van der Waals surface area contributed by atoms with Gasteiger partial charge in [-0.15, -0.1) is 0 Å². The molecule has 0 aliphatic heterocycles. The number of amides is 1. The zero-order valence-corrected chi connectivity index (χ0v) is 14.8. The summed E-state index contributed by atoms with van der Waals surface area (Å²) in [6, 6.07) is 2.34. The highest BCUT2D eigenvalue weighted by Crippen LogP contribution is 2.17. The second kappa shape index (κ2) is 9.00. The first-order valence-corrected chi connectivity index (χ1v) is 8.06. The quantitative estimate of drug-likeness (QED) is 0.703. The van der Waals surface area contributed by atoms with Crippen molar-refractivity contribution < 1.29 is 4.79 Å². The largest absolute Gasteiger partial charge is 0.372 e. The van der Waals surface area contributed by atoms with Crippen molar-refractivity contribution in [2.45, 2.75) is 32.7 Å². The van der Waals surface area contributed by atoms with Gasteiger partial charge >= 0.3 is 0 Å². The van der Waals surface area contributed by atoms with E-state index in [2.05, 4.69) is 57.3 Å². The van der Waals surface area contributed by atoms with Crippen LogP contribution in [0.3, 0.4) is 0 Å². The molecule has 0 spiro atoms. The topological polar surface area (TPSA) is 57.3 Å². The fraction of sp³-hybridized carbons (Fsp3) is 0.600. The Morgan fingerprint density at radius 2 is 2.14 bits per heavy atom. The van der Waals surface area contributed by atoms with E-state index in [9.17, 15) is 4.79 Å². The molecule has 0 aliphatic rings. The summed E-state index contributed by atoms with van der Waals surface area (Å²) in [4.78, 5) is 18.6. The van der Waals surface area contributed by atoms with Crippen molar-refractivity contribution in [1.82, 2.24) is 15.2 Å². The molecule has 0 fully saturated rings. The predicted octanol–water partition coefficient (Wildman–Crippen LogP) is 2.74. The van der Waals surface area contributed by atoms with E-state index in [-0.39, 0.29) is 5.91 Å². The van der Waals surface area contributed by atoms with E-state index >= 15 is 0 Å². The van der Waals surface area contributed by atoms with Crippen molar-refractivity contribution in [1.29, 1.82) is 0 Å². The van der Waals surface area contributed by atoms with Crippen LogP contribution < -0.4 is 10.6 Å². The smallest absolute Gasteiger partial charge is 0.255 e. The van der Waals surface area contributed by atoms with Crippen LogP contribution in [0.1, 0.15) is 37.0 Å². The SMILES string of the molecule is CNc1ncc(Br)cc1C(=O)NCCCCN(C)C(C)C. The Balaban J connectivity index is 2.39. The Morgan fingerprint density at radius 1 is 1.43 bits per heavy atom. The molecule has 5 nitrogen and oxygen atoms in total. The van der Waals surface area contributed by atoms with Crippen molar-refractivity contribution in [3.8, 4) is 0 Å². The molecule has 2 N–H and O–H groups in total. The summed E-state index contributed by atoms with van der Waals surface area (Å²) in [6.45, 7) is 6.09. The van der Waals surface area contributed by atoms with Crippen molar-refractivity contribution in [3.63, 3.8) is 0 Å². The minimum Gasteiger partial charge on any atom is -0.372 e. The van der Waals surface area contributed by atoms with Crippen LogP contribution in [0.5, 0.6) is 0 Å². The van der Waals surface area contributed by atoms with Gasteiger partial charge in [0, 0.05) is 30.3 Å². The number of hydrogen-bond donors (Lipinski definition) is 2. The van der Waals surface area contributed by atoms with Crippen molar-refractivity contribution in [2.75, 3.05) is 32.5 Å². The number of carbonyl (C=O) groups is 1. The van der Waals surface area contributed by atoms with Crippen LogP contribution in [0.2, 0.25) is 0 Å². The molecular weight excluding hydrogens is 332 g/mol. The third-order valence-corrected chi connectivity index (χ3v) is 3.87. The first-order valence-electron chi connectivity index (χ1n) is 7.27. The molecule has 1 heterocycles. The average Bonchev–Trinajstić information content (AvgIpc) is 2.46. The highest BCUT2D eigenvalue weighted by atomic mass is 79.9. The lowest BCUT2D eigenvalue weighted by molar-refractivity contribution is 0.0953. The third-order valence-electron chi connectivity index (χ3n) is 3.44. The van der Waals surface area contributed by atoms with E-state index in [1.807, 2.05) is 0 Å². The lowest BCUT2D eigenvalue weighted by atomic mass is 10.2. The molecule has 1 aromatic heterocycles. The fourth-order valence-electron chi connectivity index (χ4n) is 1.85. The molecule has 0 radical (unpaired) electrons. The number of nitrogens with one attached hydrogen (secondary N) is 2. The molecule has 0 unspecified atom stereocenters. The zero-order valence-electron chi connectivity index (χ0n) is 13.2. The van der Waals surface area contributed by atoms with Gasteiger partial charge in [-0.25, -0.2) is 4.98 Å². The monoisotopic (exact) mass is 356 g/mol. The molecular formula is C15H25BrN4O. The van der Waals surface area contributed by atoms with Crippen LogP contribution in [0.25, 0.3) is 0 Å². The van der Waals surface area contributed by atoms with Crippen molar-refractivity contribution in [2.24, 2.45) is 0 Å². The number of unbranched alkanes of at least 4 members (excludes halogenated alkanes) is 1. The van der Waals surface area contributed by atoms with E-state index < -0.39 is 0 Å². The van der Waals surface area contributed by atoms with E-state index in [0.717, 1.165) is 23.9 Å². The highest BCUT2D eigenvalue weighted by Gasteiger charge is 2.12. The van der Waals surface area contributed by atoms with Crippen LogP contribution in [0, 0.1) is 0 Å². The fourth-order valence-corrected chi connectivity index (χ4v) is 2.18. The average molecular weight is 357 g/mol. The molecule has 0 aromatic carbocycles. The normalized spacial score (nSPS) is 11.0. The van der Waals surface area contributed by atoms with Crippen LogP contribution >= 0.6 is 15.9 Å². The molecule has 0 aliphatic carbocycles. The van der Waals surface area contributed by atoms with Gasteiger partial charge in [0.1, 0.15) is 5.82 Å². The predicted molar refractivity (Wildman–Crippen MR) is 90.8 cm³/mol. The van der Waals surface area contributed by atoms with Gasteiger partial charge in [-0.1, -0.05) is 0 Å². The van der Waals surface area contributed by atoms with Gasteiger partial charge < -0.3 is 15.5 Å². The maximum Gasteiger partial charge on any atom is 0.255 e. The number of hydrogen-bond acceptors (Lipinski definition) is 4. The van der Waals surface area contributed by atoms with Gasteiger partial charge in [0.15, 0.2) is 0 Å². The third kappa shape index (κ3) is 6.01. The Bertz CT molecular complexity index is 465. The number of nitrogens with zero attached hydrogens (tertiary/aromatic N) is 2. The van der Waals surface area contributed by atoms with Crippen LogP contribution in [-0.4, -0.2) is 49.0 Å². The van der Waals surface area contributed by atoms with Crippen LogP contribution in [0.15, 0.2) is 16.7 Å². The van der Waals surface area contributed by atoms with Gasteiger partial charge in [-0.2, -0.15) is 0 Å². The van der Waals surface area contributed by atoms with Gasteiger partial charge in [0.05, 0.1) is 5.56 Å². The minimum atomic E-state index is -0.0923. The maximum atomic E-state index is 12.2. The zero-order chi connectivity index (χ0) is 15.8. The Hall–Kier alpha value is -1.14. The lowest BCUT2D eigenvalue weighted by Gasteiger charge is -2.20. The summed E-state index contributed by atoms with van der Waals surface area (Å²) in [5, 5.41) is 5.88. The van der Waals surface area contributed by atoms with Crippen molar-refractivity contribution >= 4 is 27.7 Å². The molecule has 1 rings (SSSR count). The Kier molecular flexibility index (Phi) is 7.67. The van der Waals surface area contributed by atoms with Gasteiger partial charge in [-0.05, 0) is 62.3 Å². The molecule has 1 aromatic rings. The van der Waals surface area contributed by atoms with Gasteiger partial charge in [0.25, 0.3) is 5.91 Å². The summed E-state index contributed by atoms with van der Waals surface area (Å²) in [5.41, 5.74) is 0.561. The molecule has 0 bridgehead atoms. The summed E-state index contributed by atoms with van der Waals surface area (Å²) >= 11 is 3.34. The molecule has 118 valence electrons. The van der Waals surface area contributed by atoms with Gasteiger partial charge in [0.2, 0.25) is 0 Å². The second-order valence-corrected chi connectivity index (χ2v) is 6.25. The second-order valence-electron chi connectivity index (χ2n) is 5.34. The number of carbonyl (C=O) groups excluding carboxylic acids is 1. The number of anilines is 1. The first-order chi connectivity index (χ1) is 9.95. The van der Waals surface area contributed by atoms with Crippen LogP contribution in [0.4, 0.5) is 5.82 Å². The summed E-state index contributed by atoms with van der Waals surface area (Å²) < 4.78 is 0.796. The summed E-state index contributed by atoms with van der Waals surface area (Å²) in [5.74, 6) is 0.501. The number of halogens is 1. The molecule has 0 atom stereocenters. The highest BCUT2D eigenvalue weighted by molar-refractivity contribution is 9.10. The molecule has 21 heavy (non-hydrogen) atoms. The van der Waals surface area contributed by atoms with Crippen molar-refractivity contribution in [3.05, 3.63) is 22.3 Å². The van der Waals surface area contributed by atoms with E-state index in [0.29, 0.717) is 24.0 Å². The summed E-state index contributed by atoms with van der Waals surface area (Å²) in [6.07, 6.45) is 3.72. The van der Waals surface area contributed by atoms with E-state index in [4.69, 9.17) is 0 Å². The van der Waals surface area contributed by atoms with E-state index in [1.165, 1.54) is 0 Å². The Morgan fingerprint density at radius 3 is 2.76 bits per heavy atom. The Labute approximate surface area is 135 Å². The van der Waals surface area contributed by atoms with Crippen LogP contribution in [-0.2, 0) is 0 Å². The first kappa shape index (κ1) is 17.9. The minimum absolute atomic E-state index is 0.0923. The van der Waals surface area contributed by atoms with E-state index in [1.54, 1.807) is 19.3 Å². The van der Waals surface area contributed by atoms with Gasteiger partial charge in [-0.3, -0.25) is 4.79 Å². The summed E-state index contributed by atoms with van der Waals surface area (Å²) in [7, 11) is 3.88. The molecule has 0 saturated carbocycles. The number of rotatable bonds is 8. The standard InChI is InChI=1S/C15H25BrN4O/c1-11(2)20(4)8-6-5-7-18-15(21)13-9-12(16)10-19-14(13)17-3/h9-11H,5-8H2,1-4H3,(H,17,19)(H,18,21). The maximum absolute atomic E-state index is 12.2. The lowest BCUT2D eigenvalue weighted by Crippen LogP contribution is -2.29. The number of aromatic nitrogens is 1. The number of pyridine rings is 1. The molecule has 0 saturated heterocycles. The molecule has 6 heteroatoms.